The molecular formula is C23H28Cl2N6O. The van der Waals surface area contributed by atoms with Crippen molar-refractivity contribution < 1.29 is 4.79 Å². The summed E-state index contributed by atoms with van der Waals surface area (Å²) in [5.74, 6) is 0.851. The van der Waals surface area contributed by atoms with Crippen LogP contribution in [0.25, 0.3) is 11.0 Å². The van der Waals surface area contributed by atoms with Crippen molar-refractivity contribution in [1.82, 2.24) is 20.3 Å². The Morgan fingerprint density at radius 3 is 2.69 bits per heavy atom. The first-order valence-corrected chi connectivity index (χ1v) is 11.5. The number of carbonyl (C=O) groups excluding carboxylic acids is 1. The maximum absolute atomic E-state index is 13.4. The Bertz CT molecular complexity index is 1090. The number of carbonyl (C=O) groups is 1. The minimum absolute atomic E-state index is 0.0230. The zero-order valence-corrected chi connectivity index (χ0v) is 20.0. The number of hydrogen-bond acceptors (Lipinski definition) is 5. The van der Waals surface area contributed by atoms with Crippen molar-refractivity contribution in [3.63, 3.8) is 0 Å². The molecule has 3 N–H and O–H groups in total. The van der Waals surface area contributed by atoms with Crippen molar-refractivity contribution in [3.05, 3.63) is 46.8 Å². The third-order valence-electron chi connectivity index (χ3n) is 5.70. The van der Waals surface area contributed by atoms with Gasteiger partial charge in [-0.15, -0.1) is 0 Å². The van der Waals surface area contributed by atoms with E-state index in [2.05, 4.69) is 30.5 Å². The number of anilines is 2. The second-order valence-electron chi connectivity index (χ2n) is 9.33. The standard InChI is InChI=1S/C23H28Cl2N6O/c1-23(2,3)19(29-17-10-14(24)9-15(25)11-17)22(32)30-16-5-4-8-31(12-16)21-18-6-7-26-20(18)27-13-28-21/h6-7,9-11,13,16,19,29H,4-5,8,12H2,1-3H3,(H,30,32)(H,26,27,28)/t16-,19+/m1/s1. The van der Waals surface area contributed by atoms with Gasteiger partial charge in [-0.1, -0.05) is 44.0 Å². The van der Waals surface area contributed by atoms with Crippen LogP contribution in [-0.2, 0) is 4.79 Å². The molecule has 2 aromatic heterocycles. The van der Waals surface area contributed by atoms with Crippen LogP contribution in [0.1, 0.15) is 33.6 Å². The van der Waals surface area contributed by atoms with Gasteiger partial charge in [0.1, 0.15) is 23.8 Å². The Morgan fingerprint density at radius 1 is 1.22 bits per heavy atom. The Kier molecular flexibility index (Phi) is 6.49. The molecule has 0 unspecified atom stereocenters. The zero-order chi connectivity index (χ0) is 22.9. The molecule has 3 heterocycles. The Balaban J connectivity index is 1.48. The van der Waals surface area contributed by atoms with Gasteiger partial charge in [0, 0.05) is 41.1 Å². The summed E-state index contributed by atoms with van der Waals surface area (Å²) in [6, 6.07) is 6.78. The number of nitrogens with one attached hydrogen (secondary N) is 3. The molecular weight excluding hydrogens is 447 g/mol. The molecule has 0 bridgehead atoms. The van der Waals surface area contributed by atoms with Crippen molar-refractivity contribution in [3.8, 4) is 0 Å². The summed E-state index contributed by atoms with van der Waals surface area (Å²) in [5.41, 5.74) is 1.22. The highest BCUT2D eigenvalue weighted by Gasteiger charge is 2.33. The predicted molar refractivity (Wildman–Crippen MR) is 131 cm³/mol. The fourth-order valence-corrected chi connectivity index (χ4v) is 4.69. The normalized spacial score (nSPS) is 17.9. The number of nitrogens with zero attached hydrogens (tertiary/aromatic N) is 3. The fraction of sp³-hybridized carbons (Fsp3) is 0.435. The van der Waals surface area contributed by atoms with Crippen molar-refractivity contribution in [2.45, 2.75) is 45.7 Å². The SMILES string of the molecule is CC(C)(C)[C@@H](Nc1cc(Cl)cc(Cl)c1)C(=O)N[C@@H]1CCCN(c2ncnc3[nH]ccc23)C1. The summed E-state index contributed by atoms with van der Waals surface area (Å²) in [6.45, 7) is 7.70. The van der Waals surface area contributed by atoms with Crippen LogP contribution in [0.2, 0.25) is 10.0 Å². The van der Waals surface area contributed by atoms with E-state index < -0.39 is 6.04 Å². The van der Waals surface area contributed by atoms with Crippen molar-refractivity contribution in [2.24, 2.45) is 5.41 Å². The van der Waals surface area contributed by atoms with Gasteiger partial charge >= 0.3 is 0 Å². The second kappa shape index (κ2) is 9.16. The molecule has 3 aromatic rings. The molecule has 1 fully saturated rings. The number of rotatable bonds is 5. The minimum atomic E-state index is -0.456. The van der Waals surface area contributed by atoms with Gasteiger partial charge in [0.25, 0.3) is 0 Å². The number of aromatic amines is 1. The summed E-state index contributed by atoms with van der Waals surface area (Å²) >= 11 is 12.3. The van der Waals surface area contributed by atoms with Crippen LogP contribution in [-0.4, -0.2) is 46.0 Å². The highest BCUT2D eigenvalue weighted by atomic mass is 35.5. The Hall–Kier alpha value is -2.51. The number of fused-ring (bicyclic) bond motifs is 1. The molecule has 4 rings (SSSR count). The van der Waals surface area contributed by atoms with E-state index in [9.17, 15) is 4.79 Å². The second-order valence-corrected chi connectivity index (χ2v) is 10.2. The van der Waals surface area contributed by atoms with Crippen LogP contribution in [0.4, 0.5) is 11.5 Å². The first-order chi connectivity index (χ1) is 15.2. The third kappa shape index (κ3) is 5.10. The van der Waals surface area contributed by atoms with Gasteiger partial charge in [-0.05, 0) is 42.5 Å². The quantitative estimate of drug-likeness (QED) is 0.490. The molecule has 32 heavy (non-hydrogen) atoms. The van der Waals surface area contributed by atoms with E-state index in [0.717, 1.165) is 41.9 Å². The lowest BCUT2D eigenvalue weighted by atomic mass is 9.85. The van der Waals surface area contributed by atoms with Crippen molar-refractivity contribution in [1.29, 1.82) is 0 Å². The van der Waals surface area contributed by atoms with Crippen LogP contribution in [0.5, 0.6) is 0 Å². The van der Waals surface area contributed by atoms with Gasteiger partial charge in [-0.2, -0.15) is 0 Å². The number of halogens is 2. The molecule has 1 aliphatic rings. The lowest BCUT2D eigenvalue weighted by molar-refractivity contribution is -0.124. The molecule has 7 nitrogen and oxygen atoms in total. The average molecular weight is 475 g/mol. The maximum atomic E-state index is 13.4. The van der Waals surface area contributed by atoms with Gasteiger partial charge in [0.05, 0.1) is 5.39 Å². The van der Waals surface area contributed by atoms with E-state index in [1.54, 1.807) is 24.5 Å². The summed E-state index contributed by atoms with van der Waals surface area (Å²) < 4.78 is 0. The van der Waals surface area contributed by atoms with Crippen LogP contribution in [0.15, 0.2) is 36.8 Å². The van der Waals surface area contributed by atoms with Gasteiger partial charge in [-0.3, -0.25) is 4.79 Å². The number of aromatic nitrogens is 3. The molecule has 1 aliphatic heterocycles. The fourth-order valence-electron chi connectivity index (χ4n) is 4.16. The molecule has 0 saturated carbocycles. The smallest absolute Gasteiger partial charge is 0.243 e. The largest absolute Gasteiger partial charge is 0.373 e. The van der Waals surface area contributed by atoms with Crippen LogP contribution < -0.4 is 15.5 Å². The van der Waals surface area contributed by atoms with E-state index in [1.165, 1.54) is 0 Å². The summed E-state index contributed by atoms with van der Waals surface area (Å²) in [4.78, 5) is 27.5. The Labute approximate surface area is 197 Å². The molecule has 0 aliphatic carbocycles. The summed E-state index contributed by atoms with van der Waals surface area (Å²) in [5, 5.41) is 8.63. The molecule has 2 atom stereocenters. The van der Waals surface area contributed by atoms with E-state index in [4.69, 9.17) is 23.2 Å². The first-order valence-electron chi connectivity index (χ1n) is 10.8. The molecule has 0 spiro atoms. The van der Waals surface area contributed by atoms with Gasteiger partial charge < -0.3 is 20.5 Å². The van der Waals surface area contributed by atoms with Crippen molar-refractivity contribution >= 4 is 51.6 Å². The lowest BCUT2D eigenvalue weighted by Gasteiger charge is -2.37. The van der Waals surface area contributed by atoms with Crippen LogP contribution in [0.3, 0.4) is 0 Å². The summed E-state index contributed by atoms with van der Waals surface area (Å²) in [7, 11) is 0. The molecule has 1 aromatic carbocycles. The zero-order valence-electron chi connectivity index (χ0n) is 18.5. The van der Waals surface area contributed by atoms with Crippen LogP contribution in [0, 0.1) is 5.41 Å². The predicted octanol–water partition coefficient (Wildman–Crippen LogP) is 4.88. The van der Waals surface area contributed by atoms with Gasteiger partial charge in [0.15, 0.2) is 0 Å². The van der Waals surface area contributed by atoms with Crippen LogP contribution >= 0.6 is 23.2 Å². The molecule has 1 amide bonds. The van der Waals surface area contributed by atoms with E-state index in [0.29, 0.717) is 16.6 Å². The molecule has 170 valence electrons. The van der Waals surface area contributed by atoms with Crippen molar-refractivity contribution in [2.75, 3.05) is 23.3 Å². The lowest BCUT2D eigenvalue weighted by Crippen LogP contribution is -2.54. The molecule has 9 heteroatoms. The number of benzene rings is 1. The third-order valence-corrected chi connectivity index (χ3v) is 6.14. The first kappa shape index (κ1) is 22.7. The minimum Gasteiger partial charge on any atom is -0.373 e. The average Bonchev–Trinajstić information content (AvgIpc) is 3.19. The monoisotopic (exact) mass is 474 g/mol. The van der Waals surface area contributed by atoms with E-state index in [-0.39, 0.29) is 17.4 Å². The molecule has 0 radical (unpaired) electrons. The van der Waals surface area contributed by atoms with E-state index >= 15 is 0 Å². The number of H-pyrrole nitrogens is 1. The highest BCUT2D eigenvalue weighted by molar-refractivity contribution is 6.35. The number of hydrogen-bond donors (Lipinski definition) is 3. The molecule has 1 saturated heterocycles. The topological polar surface area (TPSA) is 85.9 Å². The van der Waals surface area contributed by atoms with Gasteiger partial charge in [0.2, 0.25) is 5.91 Å². The van der Waals surface area contributed by atoms with E-state index in [1.807, 2.05) is 33.0 Å². The number of amides is 1. The van der Waals surface area contributed by atoms with Gasteiger partial charge in [-0.25, -0.2) is 9.97 Å². The summed E-state index contributed by atoms with van der Waals surface area (Å²) in [6.07, 6.45) is 5.33. The Morgan fingerprint density at radius 2 is 1.97 bits per heavy atom. The maximum Gasteiger partial charge on any atom is 0.243 e. The number of piperidine rings is 1. The highest BCUT2D eigenvalue weighted by Crippen LogP contribution is 2.29.